The Hall–Kier alpha value is -4.10. The average Bonchev–Trinajstić information content (AvgIpc) is 3.39. The van der Waals surface area contributed by atoms with Gasteiger partial charge in [0.05, 0.1) is 6.61 Å². The summed E-state index contributed by atoms with van der Waals surface area (Å²) in [4.78, 5) is 51.0. The van der Waals surface area contributed by atoms with Crippen LogP contribution in [0.25, 0.3) is 0 Å². The fourth-order valence-corrected chi connectivity index (χ4v) is 8.45. The SMILES string of the molecule is CC/C=C\C/C=C\C/C=C\C/C=C\C/C=C\C/C=C\CCC(=O)OCC(COC1OC(C(=O)O)C(O)C(O)C1OC(=O)CCCCCCC/C=C\CCCCCCCC)OC(=O)CCCCCCCCCCCCC. The Bertz CT molecular complexity index is 1630. The van der Waals surface area contributed by atoms with E-state index in [0.29, 0.717) is 19.3 Å². The van der Waals surface area contributed by atoms with E-state index in [0.717, 1.165) is 96.3 Å². The Morgan fingerprint density at radius 3 is 1.33 bits per heavy atom. The van der Waals surface area contributed by atoms with Gasteiger partial charge in [0.25, 0.3) is 0 Å². The molecule has 0 aromatic rings. The van der Waals surface area contributed by atoms with E-state index in [-0.39, 0.29) is 25.9 Å². The number of unbranched alkanes of at least 4 members (excludes halogenated alkanes) is 21. The number of carboxylic acid groups (broad SMARTS) is 1. The Kier molecular flexibility index (Phi) is 46.6. The van der Waals surface area contributed by atoms with E-state index in [1.54, 1.807) is 0 Å². The van der Waals surface area contributed by atoms with Crippen molar-refractivity contribution >= 4 is 23.9 Å². The first-order valence-electron chi connectivity index (χ1n) is 29.6. The molecule has 1 heterocycles. The summed E-state index contributed by atoms with van der Waals surface area (Å²) in [7, 11) is 0. The first-order chi connectivity index (χ1) is 36.6. The minimum atomic E-state index is -1.92. The molecule has 1 aliphatic heterocycles. The van der Waals surface area contributed by atoms with Gasteiger partial charge in [0.2, 0.25) is 0 Å². The Labute approximate surface area is 454 Å². The molecule has 1 rings (SSSR count). The predicted octanol–water partition coefficient (Wildman–Crippen LogP) is 15.1. The third kappa shape index (κ3) is 40.8. The lowest BCUT2D eigenvalue weighted by molar-refractivity contribution is -0.301. The highest BCUT2D eigenvalue weighted by atomic mass is 16.7. The molecule has 0 amide bonds. The van der Waals surface area contributed by atoms with Crippen LogP contribution in [-0.2, 0) is 42.9 Å². The van der Waals surface area contributed by atoms with Crippen LogP contribution >= 0.6 is 0 Å². The molecule has 428 valence electrons. The van der Waals surface area contributed by atoms with Crippen LogP contribution in [-0.4, -0.2) is 89.2 Å². The molecule has 1 aliphatic rings. The van der Waals surface area contributed by atoms with Gasteiger partial charge in [-0.2, -0.15) is 0 Å². The van der Waals surface area contributed by atoms with E-state index < -0.39 is 67.3 Å². The van der Waals surface area contributed by atoms with Gasteiger partial charge in [0.1, 0.15) is 18.8 Å². The van der Waals surface area contributed by atoms with Crippen molar-refractivity contribution in [3.05, 3.63) is 85.1 Å². The molecule has 6 unspecified atom stereocenters. The predicted molar refractivity (Wildman–Crippen MR) is 303 cm³/mol. The molecular weight excluding hydrogens is 949 g/mol. The highest BCUT2D eigenvalue weighted by Crippen LogP contribution is 2.26. The van der Waals surface area contributed by atoms with Gasteiger partial charge in [-0.05, 0) is 83.5 Å². The highest BCUT2D eigenvalue weighted by Gasteiger charge is 2.50. The van der Waals surface area contributed by atoms with Gasteiger partial charge in [-0.15, -0.1) is 0 Å². The molecule has 12 nitrogen and oxygen atoms in total. The molecule has 0 radical (unpaired) electrons. The first kappa shape index (κ1) is 68.9. The van der Waals surface area contributed by atoms with E-state index in [1.807, 2.05) is 12.2 Å². The minimum Gasteiger partial charge on any atom is -0.479 e. The number of hydrogen-bond donors (Lipinski definition) is 3. The third-order valence-corrected chi connectivity index (χ3v) is 13.0. The third-order valence-electron chi connectivity index (χ3n) is 13.0. The number of carbonyl (C=O) groups excluding carboxylic acids is 3. The summed E-state index contributed by atoms with van der Waals surface area (Å²) in [6.07, 6.45) is 52.8. The van der Waals surface area contributed by atoms with Crippen molar-refractivity contribution in [1.29, 1.82) is 0 Å². The number of esters is 3. The van der Waals surface area contributed by atoms with Gasteiger partial charge in [0.15, 0.2) is 24.6 Å². The molecule has 6 atom stereocenters. The summed E-state index contributed by atoms with van der Waals surface area (Å²) in [5, 5.41) is 31.4. The second-order valence-electron chi connectivity index (χ2n) is 19.9. The number of aliphatic hydroxyl groups excluding tert-OH is 2. The molecule has 75 heavy (non-hydrogen) atoms. The molecule has 3 N–H and O–H groups in total. The molecule has 0 saturated carbocycles. The van der Waals surface area contributed by atoms with Crippen LogP contribution in [0.15, 0.2) is 85.1 Å². The summed E-state index contributed by atoms with van der Waals surface area (Å²) < 4.78 is 28.3. The second kappa shape index (κ2) is 50.7. The van der Waals surface area contributed by atoms with Gasteiger partial charge < -0.3 is 39.0 Å². The van der Waals surface area contributed by atoms with Gasteiger partial charge >= 0.3 is 23.9 Å². The standard InChI is InChI=1S/C63H104O12/c1-4-7-10-13-16-19-22-24-26-27-28-29-31-32-35-37-40-43-46-49-55(64)71-52-54(73-56(65)50-47-44-41-38-34-21-18-15-12-9-6-3)53-72-63-61(59(68)58(67)60(75-63)62(69)70)74-57(66)51-48-45-42-39-36-33-30-25-23-20-17-14-11-8-5-2/h7,10,16,19,24-26,28-30,32,35,40,43,54,58-61,63,67-68H,4-6,8-9,11-15,17-18,20-23,27,31,33-34,36-39,41-42,44-53H2,1-3H3,(H,69,70)/b10-7-,19-16-,26-24-,29-28-,30-25-,35-32-,43-40-. The van der Waals surface area contributed by atoms with Crippen molar-refractivity contribution in [1.82, 2.24) is 0 Å². The van der Waals surface area contributed by atoms with Crippen molar-refractivity contribution in [2.45, 2.75) is 276 Å². The maximum atomic E-state index is 13.1. The Morgan fingerprint density at radius 2 is 0.867 bits per heavy atom. The molecular formula is C63H104O12. The van der Waals surface area contributed by atoms with Crippen LogP contribution in [0.3, 0.4) is 0 Å². The van der Waals surface area contributed by atoms with Crippen molar-refractivity contribution in [3.8, 4) is 0 Å². The van der Waals surface area contributed by atoms with E-state index in [9.17, 15) is 34.5 Å². The zero-order valence-electron chi connectivity index (χ0n) is 47.0. The summed E-state index contributed by atoms with van der Waals surface area (Å²) >= 11 is 0. The van der Waals surface area contributed by atoms with Gasteiger partial charge in [-0.1, -0.05) is 221 Å². The number of rotatable bonds is 49. The fraction of sp³-hybridized carbons (Fsp3) is 0.714. The highest BCUT2D eigenvalue weighted by molar-refractivity contribution is 5.74. The lowest BCUT2D eigenvalue weighted by Gasteiger charge is -2.40. The Morgan fingerprint density at radius 1 is 0.453 bits per heavy atom. The molecule has 12 heteroatoms. The van der Waals surface area contributed by atoms with Crippen LogP contribution in [0.4, 0.5) is 0 Å². The number of aliphatic carboxylic acids is 1. The topological polar surface area (TPSA) is 175 Å². The minimum absolute atomic E-state index is 0.0420. The number of ether oxygens (including phenoxy) is 5. The molecule has 0 aromatic carbocycles. The Balaban J connectivity index is 2.72. The summed E-state index contributed by atoms with van der Waals surface area (Å²) in [6, 6.07) is 0. The smallest absolute Gasteiger partial charge is 0.335 e. The molecule has 0 bridgehead atoms. The molecule has 1 fully saturated rings. The fourth-order valence-electron chi connectivity index (χ4n) is 8.45. The molecule has 1 saturated heterocycles. The van der Waals surface area contributed by atoms with Crippen molar-refractivity contribution < 1.29 is 58.2 Å². The largest absolute Gasteiger partial charge is 0.479 e. The van der Waals surface area contributed by atoms with E-state index in [2.05, 4.69) is 93.7 Å². The van der Waals surface area contributed by atoms with Crippen molar-refractivity contribution in [3.63, 3.8) is 0 Å². The number of carboxylic acids is 1. The second-order valence-corrected chi connectivity index (χ2v) is 19.9. The van der Waals surface area contributed by atoms with Crippen LogP contribution < -0.4 is 0 Å². The zero-order chi connectivity index (χ0) is 54.7. The summed E-state index contributed by atoms with van der Waals surface area (Å²) in [6.45, 7) is 5.79. The average molecular weight is 1050 g/mol. The van der Waals surface area contributed by atoms with Gasteiger partial charge in [-0.25, -0.2) is 4.79 Å². The molecule has 0 spiro atoms. The lowest BCUT2D eigenvalue weighted by Crippen LogP contribution is -2.61. The van der Waals surface area contributed by atoms with Crippen LogP contribution in [0.1, 0.15) is 239 Å². The number of carbonyl (C=O) groups is 4. The zero-order valence-corrected chi connectivity index (χ0v) is 47.0. The maximum absolute atomic E-state index is 13.1. The van der Waals surface area contributed by atoms with E-state index >= 15 is 0 Å². The van der Waals surface area contributed by atoms with Crippen molar-refractivity contribution in [2.75, 3.05) is 13.2 Å². The first-order valence-corrected chi connectivity index (χ1v) is 29.6. The molecule has 0 aromatic heterocycles. The lowest BCUT2D eigenvalue weighted by atomic mass is 9.98. The summed E-state index contributed by atoms with van der Waals surface area (Å²) in [5.74, 6) is -3.24. The number of aliphatic hydroxyl groups is 2. The van der Waals surface area contributed by atoms with Crippen LogP contribution in [0, 0.1) is 0 Å². The monoisotopic (exact) mass is 1050 g/mol. The summed E-state index contributed by atoms with van der Waals surface area (Å²) in [5.41, 5.74) is 0. The van der Waals surface area contributed by atoms with Crippen LogP contribution in [0.2, 0.25) is 0 Å². The quantitative estimate of drug-likeness (QED) is 0.0228. The normalized spacial score (nSPS) is 18.8. The maximum Gasteiger partial charge on any atom is 0.335 e. The van der Waals surface area contributed by atoms with Crippen molar-refractivity contribution in [2.24, 2.45) is 0 Å². The van der Waals surface area contributed by atoms with Gasteiger partial charge in [0, 0.05) is 19.3 Å². The number of allylic oxidation sites excluding steroid dienone is 14. The van der Waals surface area contributed by atoms with Crippen LogP contribution in [0.5, 0.6) is 0 Å². The van der Waals surface area contributed by atoms with E-state index in [1.165, 1.54) is 83.5 Å². The van der Waals surface area contributed by atoms with Gasteiger partial charge in [-0.3, -0.25) is 14.4 Å². The van der Waals surface area contributed by atoms with E-state index in [4.69, 9.17) is 23.7 Å². The number of hydrogen-bond acceptors (Lipinski definition) is 11. The molecule has 0 aliphatic carbocycles.